The molecular formula is C23H20N2O5S2. The van der Waals surface area contributed by atoms with Crippen molar-refractivity contribution >= 4 is 33.3 Å². The molecule has 3 heterocycles. The molecule has 1 aliphatic heterocycles. The van der Waals surface area contributed by atoms with Gasteiger partial charge in [-0.15, -0.1) is 11.3 Å². The maximum absolute atomic E-state index is 13.1. The fourth-order valence-corrected chi connectivity index (χ4v) is 5.08. The molecule has 0 fully saturated rings. The van der Waals surface area contributed by atoms with Gasteiger partial charge >= 0.3 is 0 Å². The highest BCUT2D eigenvalue weighted by atomic mass is 32.2. The van der Waals surface area contributed by atoms with Crippen LogP contribution >= 0.6 is 23.1 Å². The van der Waals surface area contributed by atoms with Crippen LogP contribution in [0, 0.1) is 0 Å². The highest BCUT2D eigenvalue weighted by Gasteiger charge is 2.17. The minimum Gasteiger partial charge on any atom is -0.454 e. The molecule has 0 saturated heterocycles. The molecule has 0 bridgehead atoms. The third-order valence-electron chi connectivity index (χ3n) is 4.90. The van der Waals surface area contributed by atoms with Gasteiger partial charge in [-0.3, -0.25) is 9.36 Å². The molecule has 0 amide bonds. The summed E-state index contributed by atoms with van der Waals surface area (Å²) in [6, 6.07) is 16.8. The van der Waals surface area contributed by atoms with E-state index in [4.69, 9.17) is 14.2 Å². The van der Waals surface area contributed by atoms with Crippen molar-refractivity contribution in [1.29, 1.82) is 0 Å². The van der Waals surface area contributed by atoms with Crippen molar-refractivity contribution in [2.75, 3.05) is 19.2 Å². The van der Waals surface area contributed by atoms with Gasteiger partial charge in [0.15, 0.2) is 16.7 Å². The van der Waals surface area contributed by atoms with Gasteiger partial charge in [-0.25, -0.2) is 4.98 Å². The average Bonchev–Trinajstić information content (AvgIpc) is 3.47. The van der Waals surface area contributed by atoms with Crippen LogP contribution in [0.5, 0.6) is 11.5 Å². The summed E-state index contributed by atoms with van der Waals surface area (Å²) in [5.41, 5.74) is 1.57. The molecule has 2 aromatic heterocycles. The molecule has 1 aliphatic rings. The van der Waals surface area contributed by atoms with Gasteiger partial charge in [0.05, 0.1) is 30.4 Å². The van der Waals surface area contributed by atoms with E-state index >= 15 is 0 Å². The lowest BCUT2D eigenvalue weighted by Gasteiger charge is -2.14. The van der Waals surface area contributed by atoms with E-state index < -0.39 is 6.10 Å². The first-order valence-electron chi connectivity index (χ1n) is 10.0. The first-order chi connectivity index (χ1) is 15.7. The van der Waals surface area contributed by atoms with E-state index in [-0.39, 0.29) is 19.0 Å². The quantitative estimate of drug-likeness (QED) is 0.311. The molecule has 32 heavy (non-hydrogen) atoms. The molecule has 2 aromatic carbocycles. The summed E-state index contributed by atoms with van der Waals surface area (Å²) in [4.78, 5) is 18.4. The number of thiophene rings is 1. The molecule has 1 atom stereocenters. The molecule has 4 aromatic rings. The Labute approximate surface area is 192 Å². The second kappa shape index (κ2) is 9.33. The maximum atomic E-state index is 13.1. The molecule has 0 spiro atoms. The molecule has 9 heteroatoms. The topological polar surface area (TPSA) is 82.8 Å². The number of benzene rings is 2. The Balaban J connectivity index is 1.25. The first-order valence-corrected chi connectivity index (χ1v) is 11.9. The first kappa shape index (κ1) is 21.0. The average molecular weight is 469 g/mol. The minimum atomic E-state index is -0.714. The van der Waals surface area contributed by atoms with Gasteiger partial charge in [0.2, 0.25) is 6.79 Å². The van der Waals surface area contributed by atoms with E-state index in [1.54, 1.807) is 10.6 Å². The predicted molar refractivity (Wildman–Crippen MR) is 124 cm³/mol. The highest BCUT2D eigenvalue weighted by Crippen LogP contribution is 2.32. The van der Waals surface area contributed by atoms with Crippen molar-refractivity contribution in [3.63, 3.8) is 0 Å². The van der Waals surface area contributed by atoms with Crippen molar-refractivity contribution in [3.05, 3.63) is 75.9 Å². The van der Waals surface area contributed by atoms with Crippen LogP contribution in [-0.2, 0) is 11.3 Å². The van der Waals surface area contributed by atoms with E-state index in [1.807, 2.05) is 53.9 Å². The van der Waals surface area contributed by atoms with Crippen LogP contribution in [0.3, 0.4) is 0 Å². The Morgan fingerprint density at radius 2 is 2.00 bits per heavy atom. The van der Waals surface area contributed by atoms with Crippen molar-refractivity contribution < 1.29 is 19.3 Å². The zero-order valence-electron chi connectivity index (χ0n) is 17.0. The molecule has 0 aliphatic carbocycles. The monoisotopic (exact) mass is 468 g/mol. The van der Waals surface area contributed by atoms with Crippen LogP contribution in [0.2, 0.25) is 0 Å². The number of ether oxygens (including phenoxy) is 3. The summed E-state index contributed by atoms with van der Waals surface area (Å²) in [5.74, 6) is 1.78. The van der Waals surface area contributed by atoms with E-state index in [9.17, 15) is 9.90 Å². The smallest absolute Gasteiger partial charge is 0.267 e. The SMILES string of the molecule is O=c1c2ccsc2nc(SC[C@@H](O)COCc2ccc3c(c2)OCO3)n1-c1ccccc1. The highest BCUT2D eigenvalue weighted by molar-refractivity contribution is 7.99. The Morgan fingerprint density at radius 3 is 2.88 bits per heavy atom. The second-order valence-corrected chi connectivity index (χ2v) is 9.06. The van der Waals surface area contributed by atoms with E-state index in [2.05, 4.69) is 4.98 Å². The normalized spacial score (nSPS) is 13.5. The number of rotatable bonds is 8. The zero-order valence-corrected chi connectivity index (χ0v) is 18.6. The summed E-state index contributed by atoms with van der Waals surface area (Å²) in [6.07, 6.45) is -0.714. The molecule has 1 N–H and O–H groups in total. The largest absolute Gasteiger partial charge is 0.454 e. The lowest BCUT2D eigenvalue weighted by atomic mass is 10.2. The third kappa shape index (κ3) is 4.37. The Bertz CT molecular complexity index is 1290. The lowest BCUT2D eigenvalue weighted by molar-refractivity contribution is 0.0397. The van der Waals surface area contributed by atoms with Gasteiger partial charge < -0.3 is 19.3 Å². The summed E-state index contributed by atoms with van der Waals surface area (Å²) < 4.78 is 18.0. The second-order valence-electron chi connectivity index (χ2n) is 7.18. The fraction of sp³-hybridized carbons (Fsp3) is 0.217. The van der Waals surface area contributed by atoms with Crippen molar-refractivity contribution in [2.24, 2.45) is 0 Å². The number of aromatic nitrogens is 2. The van der Waals surface area contributed by atoms with Crippen LogP contribution in [-0.4, -0.2) is 39.9 Å². The zero-order chi connectivity index (χ0) is 21.9. The number of hydrogen-bond donors (Lipinski definition) is 1. The van der Waals surface area contributed by atoms with Crippen LogP contribution in [0.25, 0.3) is 15.9 Å². The number of aliphatic hydroxyl groups excluding tert-OH is 1. The number of para-hydroxylation sites is 1. The van der Waals surface area contributed by atoms with E-state index in [0.717, 1.165) is 17.0 Å². The molecular weight excluding hydrogens is 448 g/mol. The summed E-state index contributed by atoms with van der Waals surface area (Å²) in [5, 5.41) is 13.4. The number of aliphatic hydroxyl groups is 1. The number of hydrogen-bond acceptors (Lipinski definition) is 8. The van der Waals surface area contributed by atoms with E-state index in [0.29, 0.717) is 33.5 Å². The molecule has 5 rings (SSSR count). The molecule has 0 saturated carbocycles. The molecule has 0 radical (unpaired) electrons. The third-order valence-corrected chi connectivity index (χ3v) is 6.79. The number of thioether (sulfide) groups is 1. The standard InChI is InChI=1S/C23H20N2O5S2/c26-17(12-28-11-15-6-7-19-20(10-15)30-14-29-19)13-32-23-24-21-18(8-9-31-21)22(27)25(23)16-4-2-1-3-5-16/h1-10,17,26H,11-14H2/t17-/m0/s1. The maximum Gasteiger partial charge on any atom is 0.267 e. The van der Waals surface area contributed by atoms with Gasteiger partial charge in [0.1, 0.15) is 4.83 Å². The van der Waals surface area contributed by atoms with Crippen molar-refractivity contribution in [2.45, 2.75) is 17.9 Å². The summed E-state index contributed by atoms with van der Waals surface area (Å²) in [6.45, 7) is 0.750. The summed E-state index contributed by atoms with van der Waals surface area (Å²) in [7, 11) is 0. The van der Waals surface area contributed by atoms with Crippen LogP contribution in [0.15, 0.2) is 69.9 Å². The summed E-state index contributed by atoms with van der Waals surface area (Å²) >= 11 is 2.77. The lowest BCUT2D eigenvalue weighted by Crippen LogP contribution is -2.23. The van der Waals surface area contributed by atoms with Crippen LogP contribution in [0.4, 0.5) is 0 Å². The van der Waals surface area contributed by atoms with Gasteiger partial charge in [-0.2, -0.15) is 0 Å². The Morgan fingerprint density at radius 1 is 1.16 bits per heavy atom. The Hall–Kier alpha value is -2.85. The van der Waals surface area contributed by atoms with E-state index in [1.165, 1.54) is 23.1 Å². The van der Waals surface area contributed by atoms with Gasteiger partial charge in [-0.1, -0.05) is 36.0 Å². The number of fused-ring (bicyclic) bond motifs is 2. The predicted octanol–water partition coefficient (Wildman–Crippen LogP) is 3.85. The van der Waals surface area contributed by atoms with Gasteiger partial charge in [0, 0.05) is 5.75 Å². The van der Waals surface area contributed by atoms with Gasteiger partial charge in [0.25, 0.3) is 5.56 Å². The number of nitrogens with zero attached hydrogens (tertiary/aromatic N) is 2. The minimum absolute atomic E-state index is 0.113. The van der Waals surface area contributed by atoms with Crippen molar-refractivity contribution in [3.8, 4) is 17.2 Å². The molecule has 7 nitrogen and oxygen atoms in total. The molecule has 0 unspecified atom stereocenters. The van der Waals surface area contributed by atoms with Crippen molar-refractivity contribution in [1.82, 2.24) is 9.55 Å². The molecule has 164 valence electrons. The fourth-order valence-electron chi connectivity index (χ4n) is 3.36. The van der Waals surface area contributed by atoms with Gasteiger partial charge in [-0.05, 0) is 41.3 Å². The Kier molecular flexibility index (Phi) is 6.13. The van der Waals surface area contributed by atoms with Crippen LogP contribution in [0.1, 0.15) is 5.56 Å². The van der Waals surface area contributed by atoms with Crippen LogP contribution < -0.4 is 15.0 Å².